The van der Waals surface area contributed by atoms with Gasteiger partial charge in [0.25, 0.3) is 0 Å². The molecule has 0 unspecified atom stereocenters. The number of cyclic esters (lactones) is 1. The molecule has 0 bridgehead atoms. The summed E-state index contributed by atoms with van der Waals surface area (Å²) < 4.78 is 6.40. The Kier molecular flexibility index (Phi) is 4.02. The van der Waals surface area contributed by atoms with Gasteiger partial charge in [-0.15, -0.1) is 10.2 Å². The number of carbonyl (C=O) groups excluding carboxylic acids is 2. The third kappa shape index (κ3) is 3.15. The molecular weight excluding hydrogens is 344 g/mol. The lowest BCUT2D eigenvalue weighted by molar-refractivity contribution is -0.121. The Hall–Kier alpha value is -3.01. The van der Waals surface area contributed by atoms with E-state index in [1.807, 2.05) is 29.0 Å². The van der Waals surface area contributed by atoms with Gasteiger partial charge >= 0.3 is 6.09 Å². The number of ether oxygens (including phenoxy) is 1. The molecule has 2 amide bonds. The van der Waals surface area contributed by atoms with Crippen LogP contribution in [0, 0.1) is 0 Å². The van der Waals surface area contributed by atoms with E-state index in [-0.39, 0.29) is 19.0 Å². The number of thiophene rings is 1. The number of nitrogens with zero attached hydrogens (tertiary/aromatic N) is 5. The first-order valence-electron chi connectivity index (χ1n) is 7.63. The van der Waals surface area contributed by atoms with Crippen LogP contribution in [0.2, 0.25) is 0 Å². The topological polar surface area (TPSA) is 102 Å². The van der Waals surface area contributed by atoms with Crippen LogP contribution in [0.5, 0.6) is 0 Å². The van der Waals surface area contributed by atoms with Crippen LogP contribution in [0.4, 0.5) is 4.79 Å². The Balaban J connectivity index is 1.47. The zero-order valence-electron chi connectivity index (χ0n) is 13.1. The minimum absolute atomic E-state index is 0.0385. The van der Waals surface area contributed by atoms with Gasteiger partial charge in [0.2, 0.25) is 5.91 Å². The molecule has 4 heterocycles. The number of carbonyl (C=O) groups is 2. The van der Waals surface area contributed by atoms with Gasteiger partial charge < -0.3 is 10.1 Å². The minimum Gasteiger partial charge on any atom is -0.448 e. The van der Waals surface area contributed by atoms with Crippen LogP contribution in [0.25, 0.3) is 16.9 Å². The Morgan fingerprint density at radius 1 is 1.32 bits per heavy atom. The molecule has 3 aromatic heterocycles. The number of amides is 2. The highest BCUT2D eigenvalue weighted by atomic mass is 32.1. The lowest BCUT2D eigenvalue weighted by atomic mass is 10.2. The van der Waals surface area contributed by atoms with E-state index < -0.39 is 6.09 Å². The van der Waals surface area contributed by atoms with Crippen molar-refractivity contribution in [2.24, 2.45) is 0 Å². The van der Waals surface area contributed by atoms with E-state index in [2.05, 4.69) is 20.6 Å². The van der Waals surface area contributed by atoms with Crippen molar-refractivity contribution in [2.75, 3.05) is 19.7 Å². The van der Waals surface area contributed by atoms with Gasteiger partial charge in [-0.3, -0.25) is 9.69 Å². The predicted molar refractivity (Wildman–Crippen MR) is 88.9 cm³/mol. The lowest BCUT2D eigenvalue weighted by Crippen LogP contribution is -2.37. The van der Waals surface area contributed by atoms with Crippen LogP contribution in [0.3, 0.4) is 0 Å². The molecule has 128 valence electrons. The van der Waals surface area contributed by atoms with Gasteiger partial charge in [0.15, 0.2) is 11.5 Å². The van der Waals surface area contributed by atoms with E-state index in [0.29, 0.717) is 24.6 Å². The van der Waals surface area contributed by atoms with Crippen LogP contribution in [0.1, 0.15) is 5.82 Å². The Labute approximate surface area is 146 Å². The van der Waals surface area contributed by atoms with E-state index in [4.69, 9.17) is 4.74 Å². The second kappa shape index (κ2) is 6.48. The summed E-state index contributed by atoms with van der Waals surface area (Å²) in [6.45, 7) is 0.869. The van der Waals surface area contributed by atoms with Gasteiger partial charge in [-0.05, 0) is 23.6 Å². The SMILES string of the molecule is O=C(CN1CCOC1=O)NCc1nnc2ccc(-c3ccsc3)nn12. The van der Waals surface area contributed by atoms with Gasteiger partial charge in [0.1, 0.15) is 13.2 Å². The summed E-state index contributed by atoms with van der Waals surface area (Å²) in [7, 11) is 0. The van der Waals surface area contributed by atoms with Gasteiger partial charge in [0, 0.05) is 10.9 Å². The number of nitrogens with one attached hydrogen (secondary N) is 1. The maximum atomic E-state index is 12.0. The van der Waals surface area contributed by atoms with Crippen molar-refractivity contribution in [1.29, 1.82) is 0 Å². The molecule has 0 spiro atoms. The first kappa shape index (κ1) is 15.5. The van der Waals surface area contributed by atoms with Gasteiger partial charge in [-0.25, -0.2) is 4.79 Å². The molecule has 4 rings (SSSR count). The summed E-state index contributed by atoms with van der Waals surface area (Å²) in [4.78, 5) is 24.7. The maximum absolute atomic E-state index is 12.0. The second-order valence-corrected chi connectivity index (χ2v) is 6.21. The summed E-state index contributed by atoms with van der Waals surface area (Å²) in [6, 6.07) is 5.70. The van der Waals surface area contributed by atoms with Crippen molar-refractivity contribution >= 4 is 29.0 Å². The van der Waals surface area contributed by atoms with Crippen molar-refractivity contribution in [3.63, 3.8) is 0 Å². The molecule has 1 fully saturated rings. The van der Waals surface area contributed by atoms with Crippen molar-refractivity contribution in [3.05, 3.63) is 34.8 Å². The monoisotopic (exact) mass is 358 g/mol. The number of hydrogen-bond donors (Lipinski definition) is 1. The fourth-order valence-electron chi connectivity index (χ4n) is 2.48. The predicted octanol–water partition coefficient (Wildman–Crippen LogP) is 0.921. The number of aromatic nitrogens is 4. The van der Waals surface area contributed by atoms with E-state index >= 15 is 0 Å². The Morgan fingerprint density at radius 2 is 2.24 bits per heavy atom. The zero-order valence-corrected chi connectivity index (χ0v) is 13.9. The molecule has 0 saturated carbocycles. The van der Waals surface area contributed by atoms with E-state index in [1.165, 1.54) is 4.90 Å². The maximum Gasteiger partial charge on any atom is 0.410 e. The van der Waals surface area contributed by atoms with Gasteiger partial charge in [-0.1, -0.05) is 0 Å². The minimum atomic E-state index is -0.467. The standard InChI is InChI=1S/C15H14N6O3S/c22-14(8-20-4-5-24-15(20)23)16-7-13-18-17-12-2-1-11(19-21(12)13)10-3-6-25-9-10/h1-3,6,9H,4-5,7-8H2,(H,16,22). The van der Waals surface area contributed by atoms with E-state index in [0.717, 1.165) is 11.3 Å². The average molecular weight is 358 g/mol. The second-order valence-electron chi connectivity index (χ2n) is 5.43. The molecule has 9 nitrogen and oxygen atoms in total. The molecule has 10 heteroatoms. The van der Waals surface area contributed by atoms with Gasteiger partial charge in [0.05, 0.1) is 18.8 Å². The van der Waals surface area contributed by atoms with Crippen LogP contribution < -0.4 is 5.32 Å². The normalized spacial score (nSPS) is 14.1. The summed E-state index contributed by atoms with van der Waals surface area (Å²) in [5.41, 5.74) is 2.43. The van der Waals surface area contributed by atoms with Crippen molar-refractivity contribution < 1.29 is 14.3 Å². The summed E-state index contributed by atoms with van der Waals surface area (Å²) in [6.07, 6.45) is -0.467. The van der Waals surface area contributed by atoms with Crippen molar-refractivity contribution in [2.45, 2.75) is 6.54 Å². The lowest BCUT2D eigenvalue weighted by Gasteiger charge is -2.11. The van der Waals surface area contributed by atoms with Crippen LogP contribution in [0.15, 0.2) is 29.0 Å². The fraction of sp³-hybridized carbons (Fsp3) is 0.267. The molecule has 25 heavy (non-hydrogen) atoms. The summed E-state index contributed by atoms with van der Waals surface area (Å²) in [5.74, 6) is 0.231. The average Bonchev–Trinajstić information content (AvgIpc) is 3.34. The number of fused-ring (bicyclic) bond motifs is 1. The molecule has 0 radical (unpaired) electrons. The summed E-state index contributed by atoms with van der Waals surface area (Å²) >= 11 is 1.60. The quantitative estimate of drug-likeness (QED) is 0.728. The smallest absolute Gasteiger partial charge is 0.410 e. The molecule has 1 saturated heterocycles. The van der Waals surface area contributed by atoms with Crippen molar-refractivity contribution in [1.82, 2.24) is 30.0 Å². The third-order valence-corrected chi connectivity index (χ3v) is 4.45. The fourth-order valence-corrected chi connectivity index (χ4v) is 3.13. The largest absolute Gasteiger partial charge is 0.448 e. The molecular formula is C15H14N6O3S. The molecule has 0 atom stereocenters. The number of rotatable bonds is 5. The van der Waals surface area contributed by atoms with Gasteiger partial charge in [-0.2, -0.15) is 21.0 Å². The molecule has 1 aliphatic heterocycles. The highest BCUT2D eigenvalue weighted by Crippen LogP contribution is 2.20. The number of hydrogen-bond acceptors (Lipinski definition) is 7. The van der Waals surface area contributed by atoms with Crippen LogP contribution >= 0.6 is 11.3 Å². The molecule has 1 N–H and O–H groups in total. The van der Waals surface area contributed by atoms with E-state index in [1.54, 1.807) is 15.9 Å². The first-order valence-corrected chi connectivity index (χ1v) is 8.57. The molecule has 0 aromatic carbocycles. The Morgan fingerprint density at radius 3 is 3.00 bits per heavy atom. The first-order chi connectivity index (χ1) is 12.2. The molecule has 1 aliphatic rings. The van der Waals surface area contributed by atoms with Crippen LogP contribution in [-0.2, 0) is 16.1 Å². The summed E-state index contributed by atoms with van der Waals surface area (Å²) in [5, 5.41) is 19.4. The molecule has 3 aromatic rings. The third-order valence-electron chi connectivity index (χ3n) is 3.77. The van der Waals surface area contributed by atoms with Crippen LogP contribution in [-0.4, -0.2) is 56.4 Å². The highest BCUT2D eigenvalue weighted by molar-refractivity contribution is 7.08. The highest BCUT2D eigenvalue weighted by Gasteiger charge is 2.24. The zero-order chi connectivity index (χ0) is 17.2. The molecule has 0 aliphatic carbocycles. The van der Waals surface area contributed by atoms with E-state index in [9.17, 15) is 9.59 Å². The van der Waals surface area contributed by atoms with Crippen molar-refractivity contribution in [3.8, 4) is 11.3 Å². The Bertz CT molecular complexity index is 923.